The summed E-state index contributed by atoms with van der Waals surface area (Å²) in [5, 5.41) is 12.1. The molecule has 0 aromatic heterocycles. The number of carboxylic acids is 1. The van der Waals surface area contributed by atoms with Crippen molar-refractivity contribution >= 4 is 11.9 Å². The molecule has 1 heterocycles. The van der Waals surface area contributed by atoms with E-state index in [1.807, 2.05) is 29.2 Å². The van der Waals surface area contributed by atoms with Crippen molar-refractivity contribution in [3.8, 4) is 0 Å². The number of nitrogens with one attached hydrogen (secondary N) is 1. The molecule has 2 N–H and O–H groups in total. The second-order valence-corrected chi connectivity index (χ2v) is 5.92. The minimum atomic E-state index is -0.826. The van der Waals surface area contributed by atoms with Crippen molar-refractivity contribution in [3.63, 3.8) is 0 Å². The number of aliphatic carboxylic acids is 1. The fourth-order valence-corrected chi connectivity index (χ4v) is 3.13. The number of carboxylic acid groups (broad SMARTS) is 1. The van der Waals surface area contributed by atoms with E-state index in [0.717, 1.165) is 11.1 Å². The highest BCUT2D eigenvalue weighted by molar-refractivity contribution is 5.79. The first-order chi connectivity index (χ1) is 11.0. The molecule has 1 aromatic rings. The minimum absolute atomic E-state index is 0.0213. The lowest BCUT2D eigenvalue weighted by Crippen LogP contribution is -2.50. The number of methoxy groups -OCH3 is 1. The number of piperidine rings is 1. The summed E-state index contributed by atoms with van der Waals surface area (Å²) in [5.74, 6) is -1.00. The van der Waals surface area contributed by atoms with Crippen LogP contribution in [0.2, 0.25) is 0 Å². The van der Waals surface area contributed by atoms with E-state index in [9.17, 15) is 14.7 Å². The van der Waals surface area contributed by atoms with E-state index in [1.165, 1.54) is 0 Å². The lowest BCUT2D eigenvalue weighted by Gasteiger charge is -2.36. The lowest BCUT2D eigenvalue weighted by molar-refractivity contribution is -0.147. The first-order valence-corrected chi connectivity index (χ1v) is 7.80. The molecule has 126 valence electrons. The summed E-state index contributed by atoms with van der Waals surface area (Å²) in [4.78, 5) is 25.3. The van der Waals surface area contributed by atoms with E-state index in [2.05, 4.69) is 5.32 Å². The molecule has 6 nitrogen and oxygen atoms in total. The number of likely N-dealkylation sites (tertiary alicyclic amines) is 1. The largest absolute Gasteiger partial charge is 0.480 e. The number of rotatable bonds is 6. The molecule has 23 heavy (non-hydrogen) atoms. The maximum absolute atomic E-state index is 11.9. The van der Waals surface area contributed by atoms with Crippen molar-refractivity contribution in [1.29, 1.82) is 0 Å². The number of carbonyl (C=O) groups is 2. The molecule has 0 saturated carbocycles. The highest BCUT2D eigenvalue weighted by atomic mass is 16.5. The standard InChI is InChI=1S/C17H24N2O4/c1-18-16(20)14-6-7-15(17(21)22)19(10-14)9-12-4-3-5-13(8-12)11-23-2/h3-5,8,14-15H,6-7,9-11H2,1-2H3,(H,18,20)(H,21,22)/t14-,15-/m0/s1. The monoisotopic (exact) mass is 320 g/mol. The Balaban J connectivity index is 2.13. The van der Waals surface area contributed by atoms with Crippen LogP contribution < -0.4 is 5.32 Å². The number of ether oxygens (including phenoxy) is 1. The average Bonchev–Trinajstić information content (AvgIpc) is 2.54. The van der Waals surface area contributed by atoms with Crippen LogP contribution in [0, 0.1) is 5.92 Å². The molecule has 0 radical (unpaired) electrons. The Morgan fingerprint density at radius 2 is 2.09 bits per heavy atom. The van der Waals surface area contributed by atoms with Crippen molar-refractivity contribution in [3.05, 3.63) is 35.4 Å². The third kappa shape index (κ3) is 4.53. The summed E-state index contributed by atoms with van der Waals surface area (Å²) in [6, 6.07) is 7.38. The van der Waals surface area contributed by atoms with Crippen molar-refractivity contribution in [1.82, 2.24) is 10.2 Å². The van der Waals surface area contributed by atoms with Crippen LogP contribution in [0.1, 0.15) is 24.0 Å². The maximum atomic E-state index is 11.9. The SMILES string of the molecule is CNC(=O)[C@H]1CC[C@@H](C(=O)O)N(Cc2cccc(COC)c2)C1. The Morgan fingerprint density at radius 3 is 2.74 bits per heavy atom. The van der Waals surface area contributed by atoms with E-state index in [0.29, 0.717) is 32.5 Å². The second-order valence-electron chi connectivity index (χ2n) is 5.92. The van der Waals surface area contributed by atoms with Crippen molar-refractivity contribution in [2.24, 2.45) is 5.92 Å². The minimum Gasteiger partial charge on any atom is -0.480 e. The van der Waals surface area contributed by atoms with Crippen molar-refractivity contribution < 1.29 is 19.4 Å². The summed E-state index contributed by atoms with van der Waals surface area (Å²) in [7, 11) is 3.26. The van der Waals surface area contributed by atoms with Crippen LogP contribution in [0.15, 0.2) is 24.3 Å². The number of amides is 1. The topological polar surface area (TPSA) is 78.9 Å². The molecular formula is C17H24N2O4. The van der Waals surface area contributed by atoms with Crippen molar-refractivity contribution in [2.45, 2.75) is 32.0 Å². The van der Waals surface area contributed by atoms with Crippen LogP contribution in [0.3, 0.4) is 0 Å². The van der Waals surface area contributed by atoms with Crippen LogP contribution in [0.5, 0.6) is 0 Å². The van der Waals surface area contributed by atoms with Crippen LogP contribution in [-0.4, -0.2) is 48.6 Å². The molecule has 2 rings (SSSR count). The number of hydrogen-bond donors (Lipinski definition) is 2. The predicted molar refractivity (Wildman–Crippen MR) is 85.8 cm³/mol. The zero-order valence-corrected chi connectivity index (χ0v) is 13.6. The zero-order valence-electron chi connectivity index (χ0n) is 13.6. The summed E-state index contributed by atoms with van der Waals surface area (Å²) in [6.07, 6.45) is 1.10. The third-order valence-corrected chi connectivity index (χ3v) is 4.27. The van der Waals surface area contributed by atoms with Crippen LogP contribution >= 0.6 is 0 Å². The molecule has 1 aliphatic heterocycles. The quantitative estimate of drug-likeness (QED) is 0.824. The van der Waals surface area contributed by atoms with E-state index in [4.69, 9.17) is 4.74 Å². The number of nitrogens with zero attached hydrogens (tertiary/aromatic N) is 1. The Labute approximate surface area is 136 Å². The van der Waals surface area contributed by atoms with Gasteiger partial charge in [-0.25, -0.2) is 0 Å². The fourth-order valence-electron chi connectivity index (χ4n) is 3.13. The van der Waals surface area contributed by atoms with Gasteiger partial charge in [0.2, 0.25) is 5.91 Å². The van der Waals surface area contributed by atoms with Crippen LogP contribution in [0.4, 0.5) is 0 Å². The zero-order chi connectivity index (χ0) is 16.8. The Hall–Kier alpha value is -1.92. The van der Waals surface area contributed by atoms with Gasteiger partial charge in [-0.05, 0) is 24.0 Å². The smallest absolute Gasteiger partial charge is 0.320 e. The van der Waals surface area contributed by atoms with Gasteiger partial charge in [-0.2, -0.15) is 0 Å². The van der Waals surface area contributed by atoms with Gasteiger partial charge >= 0.3 is 5.97 Å². The van der Waals surface area contributed by atoms with E-state index >= 15 is 0 Å². The number of carbonyl (C=O) groups excluding carboxylic acids is 1. The molecule has 1 aromatic carbocycles. The normalized spacial score (nSPS) is 21.8. The highest BCUT2D eigenvalue weighted by Gasteiger charge is 2.35. The van der Waals surface area contributed by atoms with Gasteiger partial charge in [-0.3, -0.25) is 14.5 Å². The van der Waals surface area contributed by atoms with Gasteiger partial charge in [-0.1, -0.05) is 24.3 Å². The van der Waals surface area contributed by atoms with Gasteiger partial charge < -0.3 is 15.2 Å². The molecule has 6 heteroatoms. The van der Waals surface area contributed by atoms with Gasteiger partial charge in [0.05, 0.1) is 12.5 Å². The van der Waals surface area contributed by atoms with Crippen LogP contribution in [0.25, 0.3) is 0 Å². The molecule has 0 bridgehead atoms. The van der Waals surface area contributed by atoms with E-state index < -0.39 is 12.0 Å². The van der Waals surface area contributed by atoms with Gasteiger partial charge in [0, 0.05) is 27.2 Å². The first-order valence-electron chi connectivity index (χ1n) is 7.80. The molecule has 0 unspecified atom stereocenters. The summed E-state index contributed by atoms with van der Waals surface area (Å²) in [5.41, 5.74) is 2.08. The molecule has 1 fully saturated rings. The van der Waals surface area contributed by atoms with Gasteiger partial charge in [0.1, 0.15) is 6.04 Å². The Bertz CT molecular complexity index is 561. The van der Waals surface area contributed by atoms with Crippen molar-refractivity contribution in [2.75, 3.05) is 20.7 Å². The molecule has 1 amide bonds. The predicted octanol–water partition coefficient (Wildman–Crippen LogP) is 1.24. The van der Waals surface area contributed by atoms with E-state index in [1.54, 1.807) is 14.2 Å². The summed E-state index contributed by atoms with van der Waals surface area (Å²) in [6.45, 7) is 1.50. The number of hydrogen-bond acceptors (Lipinski definition) is 4. The second kappa shape index (κ2) is 8.08. The van der Waals surface area contributed by atoms with E-state index in [-0.39, 0.29) is 11.8 Å². The van der Waals surface area contributed by atoms with Gasteiger partial charge in [0.15, 0.2) is 0 Å². The van der Waals surface area contributed by atoms with Crippen LogP contribution in [-0.2, 0) is 27.5 Å². The number of benzene rings is 1. The Kier molecular flexibility index (Phi) is 6.12. The summed E-state index contributed by atoms with van der Waals surface area (Å²) >= 11 is 0. The lowest BCUT2D eigenvalue weighted by atomic mass is 9.91. The average molecular weight is 320 g/mol. The fraction of sp³-hybridized carbons (Fsp3) is 0.529. The highest BCUT2D eigenvalue weighted by Crippen LogP contribution is 2.24. The Morgan fingerprint density at radius 1 is 1.35 bits per heavy atom. The first kappa shape index (κ1) is 17.4. The molecular weight excluding hydrogens is 296 g/mol. The summed E-state index contributed by atoms with van der Waals surface area (Å²) < 4.78 is 5.13. The van der Waals surface area contributed by atoms with Gasteiger partial charge in [-0.15, -0.1) is 0 Å². The maximum Gasteiger partial charge on any atom is 0.320 e. The molecule has 0 aliphatic carbocycles. The van der Waals surface area contributed by atoms with Gasteiger partial charge in [0.25, 0.3) is 0 Å². The third-order valence-electron chi connectivity index (χ3n) is 4.27. The molecule has 2 atom stereocenters. The molecule has 1 saturated heterocycles. The molecule has 1 aliphatic rings. The molecule has 0 spiro atoms.